The third kappa shape index (κ3) is 4.54. The number of para-hydroxylation sites is 2. The molecule has 0 saturated heterocycles. The fourth-order valence-corrected chi connectivity index (χ4v) is 3.39. The zero-order valence-corrected chi connectivity index (χ0v) is 18.7. The number of fused-ring (bicyclic) bond motifs is 1. The van der Waals surface area contributed by atoms with Gasteiger partial charge in [-0.1, -0.05) is 24.3 Å². The van der Waals surface area contributed by atoms with Crippen LogP contribution >= 0.6 is 0 Å². The number of nitro groups is 1. The predicted octanol–water partition coefficient (Wildman–Crippen LogP) is 4.65. The van der Waals surface area contributed by atoms with Crippen molar-refractivity contribution in [3.8, 4) is 17.3 Å². The number of carbonyl (C=O) groups excluding carboxylic acids is 1. The Labute approximate surface area is 189 Å². The summed E-state index contributed by atoms with van der Waals surface area (Å²) >= 11 is 0. The van der Waals surface area contributed by atoms with Crippen LogP contribution in [0.1, 0.15) is 26.3 Å². The zero-order chi connectivity index (χ0) is 23.8. The molecule has 0 spiro atoms. The summed E-state index contributed by atoms with van der Waals surface area (Å²) in [6.07, 6.45) is -0.633. The van der Waals surface area contributed by atoms with Crippen molar-refractivity contribution in [2.24, 2.45) is 0 Å². The number of imidazole rings is 1. The molecule has 0 fully saturated rings. The SMILES string of the molecule is COc1ccc(Cn2nc([N+](=O)[O-])cc2-c2nc3ccccc3n2C(=O)OC(C)(C)C)cc1. The maximum Gasteiger partial charge on any atom is 0.420 e. The van der Waals surface area contributed by atoms with E-state index in [1.807, 2.05) is 12.1 Å². The van der Waals surface area contributed by atoms with Gasteiger partial charge in [-0.25, -0.2) is 14.3 Å². The number of ether oxygens (including phenoxy) is 2. The van der Waals surface area contributed by atoms with E-state index in [0.717, 1.165) is 5.56 Å². The first kappa shape index (κ1) is 22.0. The fourth-order valence-electron chi connectivity index (χ4n) is 3.39. The van der Waals surface area contributed by atoms with Crippen molar-refractivity contribution < 1.29 is 19.2 Å². The second-order valence-corrected chi connectivity index (χ2v) is 8.39. The molecule has 0 aliphatic heterocycles. The van der Waals surface area contributed by atoms with E-state index in [4.69, 9.17) is 9.47 Å². The Hall–Kier alpha value is -4.21. The smallest absolute Gasteiger partial charge is 0.420 e. The van der Waals surface area contributed by atoms with Gasteiger partial charge in [0, 0.05) is 0 Å². The fraction of sp³-hybridized carbons (Fsp3) is 0.261. The van der Waals surface area contributed by atoms with Gasteiger partial charge in [0.2, 0.25) is 0 Å². The Morgan fingerprint density at radius 2 is 1.82 bits per heavy atom. The second-order valence-electron chi connectivity index (χ2n) is 8.39. The minimum Gasteiger partial charge on any atom is -0.497 e. The minimum absolute atomic E-state index is 0.208. The molecular weight excluding hydrogens is 426 g/mol. The van der Waals surface area contributed by atoms with Crippen molar-refractivity contribution >= 4 is 22.9 Å². The normalized spacial score (nSPS) is 11.5. The van der Waals surface area contributed by atoms with E-state index in [1.54, 1.807) is 64.3 Å². The first-order valence-electron chi connectivity index (χ1n) is 10.2. The molecule has 0 amide bonds. The Kier molecular flexibility index (Phi) is 5.59. The van der Waals surface area contributed by atoms with E-state index >= 15 is 0 Å². The molecule has 0 radical (unpaired) electrons. The summed E-state index contributed by atoms with van der Waals surface area (Å²) in [6, 6.07) is 15.7. The molecule has 0 bridgehead atoms. The molecule has 33 heavy (non-hydrogen) atoms. The zero-order valence-electron chi connectivity index (χ0n) is 18.7. The van der Waals surface area contributed by atoms with Crippen molar-refractivity contribution in [1.82, 2.24) is 19.3 Å². The average molecular weight is 449 g/mol. The lowest BCUT2D eigenvalue weighted by Gasteiger charge is -2.20. The molecule has 2 aromatic carbocycles. The number of aromatic nitrogens is 4. The molecular formula is C23H23N5O5. The Morgan fingerprint density at radius 1 is 1.12 bits per heavy atom. The van der Waals surface area contributed by atoms with E-state index in [0.29, 0.717) is 22.5 Å². The van der Waals surface area contributed by atoms with Crippen LogP contribution in [0, 0.1) is 10.1 Å². The molecule has 10 nitrogen and oxygen atoms in total. The van der Waals surface area contributed by atoms with Gasteiger partial charge in [0.1, 0.15) is 17.0 Å². The van der Waals surface area contributed by atoms with Crippen molar-refractivity contribution in [1.29, 1.82) is 0 Å². The van der Waals surface area contributed by atoms with Crippen LogP contribution in [0.2, 0.25) is 0 Å². The number of benzene rings is 2. The van der Waals surface area contributed by atoms with Gasteiger partial charge in [-0.3, -0.25) is 0 Å². The molecule has 170 valence electrons. The van der Waals surface area contributed by atoms with Gasteiger partial charge < -0.3 is 19.6 Å². The maximum atomic E-state index is 13.1. The molecule has 4 rings (SSSR count). The quantitative estimate of drug-likeness (QED) is 0.322. The Balaban J connectivity index is 1.87. The lowest BCUT2D eigenvalue weighted by atomic mass is 10.2. The van der Waals surface area contributed by atoms with Crippen LogP contribution in [0.4, 0.5) is 10.6 Å². The van der Waals surface area contributed by atoms with Gasteiger partial charge in [0.25, 0.3) is 0 Å². The highest BCUT2D eigenvalue weighted by atomic mass is 16.6. The van der Waals surface area contributed by atoms with Crippen LogP contribution in [0.15, 0.2) is 54.6 Å². The van der Waals surface area contributed by atoms with Crippen molar-refractivity contribution in [2.75, 3.05) is 7.11 Å². The first-order valence-corrected chi connectivity index (χ1v) is 10.2. The van der Waals surface area contributed by atoms with E-state index in [9.17, 15) is 14.9 Å². The van der Waals surface area contributed by atoms with Crippen LogP contribution in [0.5, 0.6) is 5.75 Å². The number of hydrogen-bond donors (Lipinski definition) is 0. The van der Waals surface area contributed by atoms with Crippen molar-refractivity contribution in [3.05, 3.63) is 70.3 Å². The Bertz CT molecular complexity index is 1330. The topological polar surface area (TPSA) is 114 Å². The number of hydrogen-bond acceptors (Lipinski definition) is 7. The predicted molar refractivity (Wildman–Crippen MR) is 121 cm³/mol. The van der Waals surface area contributed by atoms with E-state index < -0.39 is 16.6 Å². The second kappa shape index (κ2) is 8.38. The third-order valence-electron chi connectivity index (χ3n) is 4.81. The molecule has 2 aromatic heterocycles. The summed E-state index contributed by atoms with van der Waals surface area (Å²) in [5.41, 5.74) is 1.50. The standard InChI is InChI=1S/C23H23N5O5/c1-23(2,3)33-22(29)27-18-8-6-5-7-17(18)24-21(27)19-13-20(28(30)31)25-26(19)14-15-9-11-16(32-4)12-10-15/h5-13H,14H2,1-4H3. The monoisotopic (exact) mass is 449 g/mol. The number of nitrogens with zero attached hydrogens (tertiary/aromatic N) is 5. The molecule has 0 aliphatic rings. The largest absolute Gasteiger partial charge is 0.497 e. The summed E-state index contributed by atoms with van der Waals surface area (Å²) < 4.78 is 13.6. The Morgan fingerprint density at radius 3 is 2.45 bits per heavy atom. The molecule has 0 aliphatic carbocycles. The van der Waals surface area contributed by atoms with Gasteiger partial charge in [-0.05, 0) is 55.5 Å². The summed E-state index contributed by atoms with van der Waals surface area (Å²) in [5.74, 6) is 0.554. The number of carbonyl (C=O) groups is 1. The average Bonchev–Trinajstić information content (AvgIpc) is 3.34. The summed E-state index contributed by atoms with van der Waals surface area (Å²) in [6.45, 7) is 5.53. The summed E-state index contributed by atoms with van der Waals surface area (Å²) in [4.78, 5) is 28.7. The molecule has 4 aromatic rings. The van der Waals surface area contributed by atoms with Crippen LogP contribution in [0.3, 0.4) is 0 Å². The van der Waals surface area contributed by atoms with Crippen LogP contribution < -0.4 is 4.74 Å². The first-order chi connectivity index (χ1) is 15.7. The number of methoxy groups -OCH3 is 1. The summed E-state index contributed by atoms with van der Waals surface area (Å²) in [5, 5.41) is 15.7. The van der Waals surface area contributed by atoms with Gasteiger partial charge in [-0.2, -0.15) is 4.68 Å². The van der Waals surface area contributed by atoms with Gasteiger partial charge in [-0.15, -0.1) is 0 Å². The van der Waals surface area contributed by atoms with E-state index in [-0.39, 0.29) is 18.2 Å². The molecule has 0 N–H and O–H groups in total. The third-order valence-corrected chi connectivity index (χ3v) is 4.81. The molecule has 0 atom stereocenters. The van der Waals surface area contributed by atoms with Crippen LogP contribution in [0.25, 0.3) is 22.6 Å². The highest BCUT2D eigenvalue weighted by molar-refractivity contribution is 5.91. The number of rotatable bonds is 5. The van der Waals surface area contributed by atoms with Crippen molar-refractivity contribution in [3.63, 3.8) is 0 Å². The van der Waals surface area contributed by atoms with Crippen molar-refractivity contribution in [2.45, 2.75) is 32.9 Å². The molecule has 0 unspecified atom stereocenters. The van der Waals surface area contributed by atoms with Gasteiger partial charge >= 0.3 is 11.9 Å². The highest BCUT2D eigenvalue weighted by Gasteiger charge is 2.29. The lowest BCUT2D eigenvalue weighted by molar-refractivity contribution is -0.389. The molecule has 0 saturated carbocycles. The maximum absolute atomic E-state index is 13.1. The van der Waals surface area contributed by atoms with Crippen LogP contribution in [-0.2, 0) is 11.3 Å². The molecule has 2 heterocycles. The van der Waals surface area contributed by atoms with E-state index in [2.05, 4.69) is 10.1 Å². The highest BCUT2D eigenvalue weighted by Crippen LogP contribution is 2.29. The molecule has 10 heteroatoms. The lowest BCUT2D eigenvalue weighted by Crippen LogP contribution is -2.27. The van der Waals surface area contributed by atoms with Crippen LogP contribution in [-0.4, -0.2) is 43.1 Å². The minimum atomic E-state index is -0.741. The van der Waals surface area contributed by atoms with E-state index in [1.165, 1.54) is 15.3 Å². The summed E-state index contributed by atoms with van der Waals surface area (Å²) in [7, 11) is 1.57. The van der Waals surface area contributed by atoms with Gasteiger partial charge in [0.15, 0.2) is 5.82 Å². The van der Waals surface area contributed by atoms with Gasteiger partial charge in [0.05, 0.1) is 35.9 Å².